The van der Waals surface area contributed by atoms with Crippen LogP contribution in [0.5, 0.6) is 0 Å². The molecule has 0 aliphatic carbocycles. The molecule has 2 aromatic rings. The van der Waals surface area contributed by atoms with Gasteiger partial charge in [0.05, 0.1) is 5.56 Å². The highest BCUT2D eigenvalue weighted by molar-refractivity contribution is 7.98. The van der Waals surface area contributed by atoms with E-state index in [9.17, 15) is 18.0 Å². The molecule has 0 saturated carbocycles. The van der Waals surface area contributed by atoms with Crippen LogP contribution in [-0.2, 0) is 23.9 Å². The number of thioether (sulfide) groups is 1. The molecule has 4 nitrogen and oxygen atoms in total. The Morgan fingerprint density at radius 1 is 1.12 bits per heavy atom. The Hall–Kier alpha value is -2.09. The molecule has 0 fully saturated rings. The Bertz CT molecular complexity index is 753. The Morgan fingerprint density at radius 2 is 1.69 bits per heavy atom. The topological polar surface area (TPSA) is 54.9 Å². The lowest BCUT2D eigenvalue weighted by atomic mass is 10.1. The number of carbonyl (C=O) groups excluding carboxylic acids is 1. The van der Waals surface area contributed by atoms with Gasteiger partial charge in [-0.15, -0.1) is 0 Å². The van der Waals surface area contributed by atoms with Crippen molar-refractivity contribution in [1.29, 1.82) is 0 Å². The van der Waals surface area contributed by atoms with Crippen LogP contribution in [0.2, 0.25) is 0 Å². The van der Waals surface area contributed by atoms with Crippen molar-refractivity contribution in [2.75, 3.05) is 6.26 Å². The third-order valence-electron chi connectivity index (χ3n) is 3.96. The van der Waals surface area contributed by atoms with E-state index in [4.69, 9.17) is 0 Å². The Kier molecular flexibility index (Phi) is 6.63. The SMILES string of the molecule is CSc1nc(C)c(CCC(=O)NCc2ccc(C(F)(F)F)cc2)c(C)n1. The maximum atomic E-state index is 12.5. The Labute approximate surface area is 154 Å². The summed E-state index contributed by atoms with van der Waals surface area (Å²) in [6.07, 6.45) is -1.66. The number of aryl methyl sites for hydroxylation is 2. The molecular formula is C18H20F3N3OS. The number of amides is 1. The molecule has 0 radical (unpaired) electrons. The van der Waals surface area contributed by atoms with Crippen molar-refractivity contribution in [2.45, 2.75) is 44.6 Å². The summed E-state index contributed by atoms with van der Waals surface area (Å²) in [7, 11) is 0. The Morgan fingerprint density at radius 3 is 2.19 bits per heavy atom. The zero-order chi connectivity index (χ0) is 19.3. The molecular weight excluding hydrogens is 363 g/mol. The fraction of sp³-hybridized carbons (Fsp3) is 0.389. The minimum atomic E-state index is -4.36. The second kappa shape index (κ2) is 8.53. The van der Waals surface area contributed by atoms with Crippen LogP contribution in [0, 0.1) is 13.8 Å². The average molecular weight is 383 g/mol. The number of alkyl halides is 3. The highest BCUT2D eigenvalue weighted by Crippen LogP contribution is 2.29. The second-order valence-electron chi connectivity index (χ2n) is 5.83. The first kappa shape index (κ1) is 20.2. The molecule has 1 aromatic carbocycles. The molecule has 1 aromatic heterocycles. The van der Waals surface area contributed by atoms with E-state index in [1.807, 2.05) is 20.1 Å². The second-order valence-corrected chi connectivity index (χ2v) is 6.60. The zero-order valence-corrected chi connectivity index (χ0v) is 15.6. The molecule has 0 bridgehead atoms. The van der Waals surface area contributed by atoms with Crippen molar-refractivity contribution in [1.82, 2.24) is 15.3 Å². The van der Waals surface area contributed by atoms with Crippen molar-refractivity contribution in [3.8, 4) is 0 Å². The molecule has 0 unspecified atom stereocenters. The van der Waals surface area contributed by atoms with Gasteiger partial charge in [0.2, 0.25) is 5.91 Å². The molecule has 0 spiro atoms. The number of halogens is 3. The lowest BCUT2D eigenvalue weighted by Crippen LogP contribution is -2.23. The van der Waals surface area contributed by atoms with Gasteiger partial charge in [0.1, 0.15) is 0 Å². The maximum absolute atomic E-state index is 12.5. The summed E-state index contributed by atoms with van der Waals surface area (Å²) >= 11 is 1.47. The van der Waals surface area contributed by atoms with E-state index in [-0.39, 0.29) is 18.9 Å². The van der Waals surface area contributed by atoms with Gasteiger partial charge in [-0.05, 0) is 49.8 Å². The van der Waals surface area contributed by atoms with E-state index in [1.54, 1.807) is 0 Å². The molecule has 1 N–H and O–H groups in total. The Balaban J connectivity index is 1.88. The van der Waals surface area contributed by atoms with Crippen LogP contribution in [0.4, 0.5) is 13.2 Å². The molecule has 0 aliphatic heterocycles. The summed E-state index contributed by atoms with van der Waals surface area (Å²) in [5, 5.41) is 3.43. The predicted molar refractivity (Wildman–Crippen MR) is 94.9 cm³/mol. The highest BCUT2D eigenvalue weighted by atomic mass is 32.2. The van der Waals surface area contributed by atoms with Gasteiger partial charge in [-0.2, -0.15) is 13.2 Å². The van der Waals surface area contributed by atoms with Crippen LogP contribution in [-0.4, -0.2) is 22.1 Å². The summed E-state index contributed by atoms with van der Waals surface area (Å²) in [5.41, 5.74) is 2.58. The largest absolute Gasteiger partial charge is 0.416 e. The van der Waals surface area contributed by atoms with Gasteiger partial charge in [0, 0.05) is 24.4 Å². The first-order valence-electron chi connectivity index (χ1n) is 8.01. The first-order chi connectivity index (χ1) is 12.2. The molecule has 2 rings (SSSR count). The van der Waals surface area contributed by atoms with Crippen molar-refractivity contribution in [3.05, 3.63) is 52.3 Å². The number of carbonyl (C=O) groups is 1. The number of hydrogen-bond acceptors (Lipinski definition) is 4. The molecule has 1 heterocycles. The van der Waals surface area contributed by atoms with E-state index in [0.717, 1.165) is 29.1 Å². The van der Waals surface area contributed by atoms with E-state index in [1.165, 1.54) is 23.9 Å². The highest BCUT2D eigenvalue weighted by Gasteiger charge is 2.29. The van der Waals surface area contributed by atoms with Gasteiger partial charge in [0.15, 0.2) is 5.16 Å². The van der Waals surface area contributed by atoms with Gasteiger partial charge in [-0.3, -0.25) is 4.79 Å². The number of nitrogens with zero attached hydrogens (tertiary/aromatic N) is 2. The van der Waals surface area contributed by atoms with E-state index in [2.05, 4.69) is 15.3 Å². The van der Waals surface area contributed by atoms with Crippen LogP contribution >= 0.6 is 11.8 Å². The number of aromatic nitrogens is 2. The van der Waals surface area contributed by atoms with Crippen LogP contribution in [0.15, 0.2) is 29.4 Å². The quantitative estimate of drug-likeness (QED) is 0.603. The van der Waals surface area contributed by atoms with Gasteiger partial charge >= 0.3 is 6.18 Å². The van der Waals surface area contributed by atoms with Crippen molar-refractivity contribution >= 4 is 17.7 Å². The zero-order valence-electron chi connectivity index (χ0n) is 14.8. The van der Waals surface area contributed by atoms with Crippen molar-refractivity contribution in [3.63, 3.8) is 0 Å². The van der Waals surface area contributed by atoms with Gasteiger partial charge in [0.25, 0.3) is 0 Å². The molecule has 0 aliphatic rings. The summed E-state index contributed by atoms with van der Waals surface area (Å²) in [5.74, 6) is -0.169. The summed E-state index contributed by atoms with van der Waals surface area (Å²) < 4.78 is 37.6. The molecule has 1 amide bonds. The van der Waals surface area contributed by atoms with Crippen molar-refractivity contribution < 1.29 is 18.0 Å². The lowest BCUT2D eigenvalue weighted by molar-refractivity contribution is -0.137. The lowest BCUT2D eigenvalue weighted by Gasteiger charge is -2.11. The standard InChI is InChI=1S/C18H20F3N3OS/c1-11-15(12(2)24-17(23-11)26-3)8-9-16(25)22-10-13-4-6-14(7-5-13)18(19,20)21/h4-7H,8-10H2,1-3H3,(H,22,25). The van der Waals surface area contributed by atoms with E-state index >= 15 is 0 Å². The van der Waals surface area contributed by atoms with E-state index in [0.29, 0.717) is 17.1 Å². The molecule has 26 heavy (non-hydrogen) atoms. The summed E-state index contributed by atoms with van der Waals surface area (Å²) in [4.78, 5) is 20.8. The third kappa shape index (κ3) is 5.45. The minimum Gasteiger partial charge on any atom is -0.352 e. The molecule has 8 heteroatoms. The van der Waals surface area contributed by atoms with Crippen LogP contribution in [0.1, 0.15) is 34.5 Å². The van der Waals surface area contributed by atoms with Crippen LogP contribution in [0.3, 0.4) is 0 Å². The molecule has 0 saturated heterocycles. The van der Waals surface area contributed by atoms with Gasteiger partial charge in [-0.1, -0.05) is 23.9 Å². The van der Waals surface area contributed by atoms with E-state index < -0.39 is 11.7 Å². The number of nitrogens with one attached hydrogen (secondary N) is 1. The fourth-order valence-corrected chi connectivity index (χ4v) is 2.96. The normalized spacial score (nSPS) is 11.5. The molecule has 140 valence electrons. The maximum Gasteiger partial charge on any atom is 0.416 e. The van der Waals surface area contributed by atoms with Gasteiger partial charge in [-0.25, -0.2) is 9.97 Å². The number of benzene rings is 1. The monoisotopic (exact) mass is 383 g/mol. The third-order valence-corrected chi connectivity index (χ3v) is 4.50. The fourth-order valence-electron chi connectivity index (χ4n) is 2.50. The number of rotatable bonds is 6. The smallest absolute Gasteiger partial charge is 0.352 e. The first-order valence-corrected chi connectivity index (χ1v) is 9.24. The van der Waals surface area contributed by atoms with Crippen molar-refractivity contribution in [2.24, 2.45) is 0 Å². The molecule has 0 atom stereocenters. The van der Waals surface area contributed by atoms with Gasteiger partial charge < -0.3 is 5.32 Å². The van der Waals surface area contributed by atoms with Crippen LogP contribution in [0.25, 0.3) is 0 Å². The minimum absolute atomic E-state index is 0.169. The average Bonchev–Trinajstić information content (AvgIpc) is 2.58. The summed E-state index contributed by atoms with van der Waals surface area (Å²) in [6.45, 7) is 3.98. The number of hydrogen-bond donors (Lipinski definition) is 1. The predicted octanol–water partition coefficient (Wildman–Crippen LogP) is 4.08. The van der Waals surface area contributed by atoms with Crippen LogP contribution < -0.4 is 5.32 Å². The summed E-state index contributed by atoms with van der Waals surface area (Å²) in [6, 6.07) is 4.76.